The standard InChI is InChI=1S/C10H22N2/c1-11-10-6-4-5-9(10)7-8-12(2)3/h9-11H,4-8H2,1-3H3. The Morgan fingerprint density at radius 2 is 2.08 bits per heavy atom. The van der Waals surface area contributed by atoms with Gasteiger partial charge in [-0.25, -0.2) is 0 Å². The number of hydrogen-bond donors (Lipinski definition) is 1. The van der Waals surface area contributed by atoms with Crippen LogP contribution in [-0.4, -0.2) is 38.6 Å². The van der Waals surface area contributed by atoms with Gasteiger partial charge in [0.25, 0.3) is 0 Å². The van der Waals surface area contributed by atoms with E-state index < -0.39 is 0 Å². The van der Waals surface area contributed by atoms with Crippen LogP contribution in [0, 0.1) is 5.92 Å². The molecule has 1 rings (SSSR count). The van der Waals surface area contributed by atoms with E-state index in [9.17, 15) is 0 Å². The van der Waals surface area contributed by atoms with Gasteiger partial charge in [0.1, 0.15) is 0 Å². The van der Waals surface area contributed by atoms with Gasteiger partial charge in [-0.15, -0.1) is 0 Å². The molecule has 72 valence electrons. The van der Waals surface area contributed by atoms with Gasteiger partial charge < -0.3 is 10.2 Å². The van der Waals surface area contributed by atoms with Crippen molar-refractivity contribution in [2.45, 2.75) is 31.7 Å². The maximum Gasteiger partial charge on any atom is 0.00928 e. The maximum atomic E-state index is 3.42. The molecule has 1 N–H and O–H groups in total. The molecule has 2 unspecified atom stereocenters. The minimum Gasteiger partial charge on any atom is -0.317 e. The Balaban J connectivity index is 2.21. The monoisotopic (exact) mass is 170 g/mol. The van der Waals surface area contributed by atoms with Crippen molar-refractivity contribution in [3.63, 3.8) is 0 Å². The lowest BCUT2D eigenvalue weighted by atomic mass is 9.99. The van der Waals surface area contributed by atoms with E-state index in [1.54, 1.807) is 0 Å². The summed E-state index contributed by atoms with van der Waals surface area (Å²) in [4.78, 5) is 2.28. The third kappa shape index (κ3) is 2.76. The summed E-state index contributed by atoms with van der Waals surface area (Å²) in [7, 11) is 6.41. The Morgan fingerprint density at radius 1 is 1.33 bits per heavy atom. The third-order valence-corrected chi connectivity index (χ3v) is 2.98. The van der Waals surface area contributed by atoms with Gasteiger partial charge in [0.15, 0.2) is 0 Å². The topological polar surface area (TPSA) is 15.3 Å². The number of hydrogen-bond acceptors (Lipinski definition) is 2. The van der Waals surface area contributed by atoms with Gasteiger partial charge in [-0.3, -0.25) is 0 Å². The molecule has 2 nitrogen and oxygen atoms in total. The van der Waals surface area contributed by atoms with Crippen molar-refractivity contribution < 1.29 is 0 Å². The highest BCUT2D eigenvalue weighted by molar-refractivity contribution is 4.82. The predicted molar refractivity (Wildman–Crippen MR) is 53.4 cm³/mol. The minimum absolute atomic E-state index is 0.796. The SMILES string of the molecule is CNC1CCCC1CCN(C)C. The van der Waals surface area contributed by atoms with Crippen LogP contribution in [-0.2, 0) is 0 Å². The van der Waals surface area contributed by atoms with Crippen LogP contribution in [0.4, 0.5) is 0 Å². The van der Waals surface area contributed by atoms with Gasteiger partial charge in [-0.1, -0.05) is 6.42 Å². The van der Waals surface area contributed by atoms with Gasteiger partial charge in [0.2, 0.25) is 0 Å². The Morgan fingerprint density at radius 3 is 2.67 bits per heavy atom. The molecule has 0 aromatic heterocycles. The highest BCUT2D eigenvalue weighted by atomic mass is 15.0. The summed E-state index contributed by atoms with van der Waals surface area (Å²) in [5.41, 5.74) is 0. The summed E-state index contributed by atoms with van der Waals surface area (Å²) in [5.74, 6) is 0.928. The number of nitrogens with one attached hydrogen (secondary N) is 1. The number of nitrogens with zero attached hydrogens (tertiary/aromatic N) is 1. The van der Waals surface area contributed by atoms with E-state index >= 15 is 0 Å². The second-order valence-corrected chi connectivity index (χ2v) is 4.18. The lowest BCUT2D eigenvalue weighted by molar-refractivity contribution is 0.322. The van der Waals surface area contributed by atoms with Crippen molar-refractivity contribution in [3.05, 3.63) is 0 Å². The maximum absolute atomic E-state index is 3.42. The second kappa shape index (κ2) is 4.83. The smallest absolute Gasteiger partial charge is 0.00928 e. The van der Waals surface area contributed by atoms with Crippen molar-refractivity contribution in [1.82, 2.24) is 10.2 Å². The lowest BCUT2D eigenvalue weighted by Gasteiger charge is -2.20. The summed E-state index contributed by atoms with van der Waals surface area (Å²) in [6.45, 7) is 1.24. The Labute approximate surface area is 76.3 Å². The first kappa shape index (κ1) is 10.0. The fraction of sp³-hybridized carbons (Fsp3) is 1.00. The van der Waals surface area contributed by atoms with Crippen LogP contribution < -0.4 is 5.32 Å². The molecule has 2 atom stereocenters. The summed E-state index contributed by atoms with van der Waals surface area (Å²) < 4.78 is 0. The first-order chi connectivity index (χ1) is 5.74. The van der Waals surface area contributed by atoms with E-state index in [0.717, 1.165) is 12.0 Å². The van der Waals surface area contributed by atoms with Crippen molar-refractivity contribution in [3.8, 4) is 0 Å². The molecule has 0 heterocycles. The van der Waals surface area contributed by atoms with E-state index in [-0.39, 0.29) is 0 Å². The lowest BCUT2D eigenvalue weighted by Crippen LogP contribution is -2.30. The van der Waals surface area contributed by atoms with Crippen LogP contribution >= 0.6 is 0 Å². The average Bonchev–Trinajstić information content (AvgIpc) is 2.47. The highest BCUT2D eigenvalue weighted by Gasteiger charge is 2.25. The Bertz CT molecular complexity index is 123. The summed E-state index contributed by atoms with van der Waals surface area (Å²) in [6.07, 6.45) is 5.59. The Hall–Kier alpha value is -0.0800. The van der Waals surface area contributed by atoms with Crippen molar-refractivity contribution in [2.24, 2.45) is 5.92 Å². The molecular weight excluding hydrogens is 148 g/mol. The van der Waals surface area contributed by atoms with Crippen LogP contribution in [0.5, 0.6) is 0 Å². The largest absolute Gasteiger partial charge is 0.317 e. The summed E-state index contributed by atoms with van der Waals surface area (Å²) in [5, 5.41) is 3.42. The molecule has 12 heavy (non-hydrogen) atoms. The van der Waals surface area contributed by atoms with Crippen molar-refractivity contribution >= 4 is 0 Å². The zero-order chi connectivity index (χ0) is 8.97. The van der Waals surface area contributed by atoms with E-state index in [1.807, 2.05) is 0 Å². The molecule has 1 saturated carbocycles. The molecule has 0 aromatic carbocycles. The van der Waals surface area contributed by atoms with Crippen molar-refractivity contribution in [2.75, 3.05) is 27.7 Å². The van der Waals surface area contributed by atoms with Crippen LogP contribution in [0.3, 0.4) is 0 Å². The first-order valence-corrected chi connectivity index (χ1v) is 5.06. The highest BCUT2D eigenvalue weighted by Crippen LogP contribution is 2.27. The third-order valence-electron chi connectivity index (χ3n) is 2.98. The summed E-state index contributed by atoms with van der Waals surface area (Å²) in [6, 6.07) is 0.796. The predicted octanol–water partition coefficient (Wildman–Crippen LogP) is 1.33. The molecule has 0 radical (unpaired) electrons. The van der Waals surface area contributed by atoms with Gasteiger partial charge in [0.05, 0.1) is 0 Å². The summed E-state index contributed by atoms with van der Waals surface area (Å²) >= 11 is 0. The molecule has 1 aliphatic rings. The second-order valence-electron chi connectivity index (χ2n) is 4.18. The molecule has 0 saturated heterocycles. The van der Waals surface area contributed by atoms with Crippen LogP contribution in [0.25, 0.3) is 0 Å². The zero-order valence-corrected chi connectivity index (χ0v) is 8.64. The van der Waals surface area contributed by atoms with E-state index in [4.69, 9.17) is 0 Å². The first-order valence-electron chi connectivity index (χ1n) is 5.06. The van der Waals surface area contributed by atoms with Crippen LogP contribution in [0.15, 0.2) is 0 Å². The molecule has 1 fully saturated rings. The zero-order valence-electron chi connectivity index (χ0n) is 8.64. The van der Waals surface area contributed by atoms with Gasteiger partial charge in [-0.2, -0.15) is 0 Å². The molecule has 2 heteroatoms. The molecule has 0 spiro atoms. The molecule has 1 aliphatic carbocycles. The molecule has 0 amide bonds. The number of rotatable bonds is 4. The van der Waals surface area contributed by atoms with E-state index in [2.05, 4.69) is 31.4 Å². The van der Waals surface area contributed by atoms with Gasteiger partial charge in [-0.05, 0) is 52.9 Å². The van der Waals surface area contributed by atoms with Crippen LogP contribution in [0.1, 0.15) is 25.7 Å². The van der Waals surface area contributed by atoms with E-state index in [0.29, 0.717) is 0 Å². The quantitative estimate of drug-likeness (QED) is 0.684. The fourth-order valence-electron chi connectivity index (χ4n) is 2.19. The fourth-order valence-corrected chi connectivity index (χ4v) is 2.19. The molecule has 0 aromatic rings. The average molecular weight is 170 g/mol. The molecular formula is C10H22N2. The molecule has 0 aliphatic heterocycles. The van der Waals surface area contributed by atoms with Crippen molar-refractivity contribution in [1.29, 1.82) is 0 Å². The molecule has 0 bridgehead atoms. The van der Waals surface area contributed by atoms with Crippen LogP contribution in [0.2, 0.25) is 0 Å². The van der Waals surface area contributed by atoms with Gasteiger partial charge >= 0.3 is 0 Å². The van der Waals surface area contributed by atoms with E-state index in [1.165, 1.54) is 32.2 Å². The normalized spacial score (nSPS) is 30.0. The minimum atomic E-state index is 0.796. The van der Waals surface area contributed by atoms with Gasteiger partial charge in [0, 0.05) is 6.04 Å². The Kier molecular flexibility index (Phi) is 4.02.